The summed E-state index contributed by atoms with van der Waals surface area (Å²) in [6, 6.07) is 0.589. The normalized spacial score (nSPS) is 26.9. The Labute approximate surface area is 109 Å². The van der Waals surface area contributed by atoms with Gasteiger partial charge in [-0.3, -0.25) is 9.69 Å². The van der Waals surface area contributed by atoms with Gasteiger partial charge in [-0.2, -0.15) is 0 Å². The number of likely N-dealkylation sites (tertiary alicyclic amines) is 1. The standard InChI is InChI=1S/C13H25N3O2/c1-18-12-3-2-6-16(9-12)11(8-14)7-13(17)15-10-4-5-10/h10-12H,2-9,14H2,1H3,(H,15,17). The van der Waals surface area contributed by atoms with Crippen molar-refractivity contribution in [3.8, 4) is 0 Å². The van der Waals surface area contributed by atoms with Crippen LogP contribution in [0.25, 0.3) is 0 Å². The van der Waals surface area contributed by atoms with Crippen LogP contribution in [0.3, 0.4) is 0 Å². The van der Waals surface area contributed by atoms with Gasteiger partial charge in [-0.25, -0.2) is 0 Å². The minimum absolute atomic E-state index is 0.146. The Morgan fingerprint density at radius 3 is 2.89 bits per heavy atom. The van der Waals surface area contributed by atoms with Gasteiger partial charge in [0.15, 0.2) is 0 Å². The van der Waals surface area contributed by atoms with Crippen LogP contribution in [-0.2, 0) is 9.53 Å². The van der Waals surface area contributed by atoms with Crippen molar-refractivity contribution in [3.63, 3.8) is 0 Å². The van der Waals surface area contributed by atoms with Crippen molar-refractivity contribution < 1.29 is 9.53 Å². The van der Waals surface area contributed by atoms with Crippen molar-refractivity contribution in [2.24, 2.45) is 5.73 Å². The number of rotatable bonds is 6. The predicted molar refractivity (Wildman–Crippen MR) is 70.2 cm³/mol. The van der Waals surface area contributed by atoms with Gasteiger partial charge in [0.2, 0.25) is 5.91 Å². The third-order valence-electron chi connectivity index (χ3n) is 3.89. The van der Waals surface area contributed by atoms with Crippen LogP contribution in [0.4, 0.5) is 0 Å². The van der Waals surface area contributed by atoms with Crippen LogP contribution in [0.15, 0.2) is 0 Å². The Morgan fingerprint density at radius 2 is 2.28 bits per heavy atom. The first kappa shape index (κ1) is 13.8. The summed E-state index contributed by atoms with van der Waals surface area (Å²) in [7, 11) is 1.76. The molecule has 0 aromatic heterocycles. The van der Waals surface area contributed by atoms with E-state index in [4.69, 9.17) is 10.5 Å². The molecule has 2 atom stereocenters. The Hall–Kier alpha value is -0.650. The lowest BCUT2D eigenvalue weighted by molar-refractivity contribution is -0.122. The van der Waals surface area contributed by atoms with E-state index in [1.54, 1.807) is 7.11 Å². The smallest absolute Gasteiger partial charge is 0.221 e. The van der Waals surface area contributed by atoms with Crippen LogP contribution in [0.1, 0.15) is 32.1 Å². The molecule has 0 radical (unpaired) electrons. The average Bonchev–Trinajstić information content (AvgIpc) is 3.20. The minimum atomic E-state index is 0.146. The first-order valence-corrected chi connectivity index (χ1v) is 6.99. The summed E-state index contributed by atoms with van der Waals surface area (Å²) in [5.74, 6) is 0.146. The van der Waals surface area contributed by atoms with Gasteiger partial charge in [0.1, 0.15) is 0 Å². The Bertz CT molecular complexity index is 281. The van der Waals surface area contributed by atoms with E-state index in [0.717, 1.165) is 38.8 Å². The van der Waals surface area contributed by atoms with Crippen molar-refractivity contribution in [3.05, 3.63) is 0 Å². The Kier molecular flexibility index (Phi) is 4.97. The molecule has 1 aliphatic carbocycles. The number of nitrogens with zero attached hydrogens (tertiary/aromatic N) is 1. The zero-order valence-electron chi connectivity index (χ0n) is 11.2. The van der Waals surface area contributed by atoms with E-state index >= 15 is 0 Å². The molecule has 3 N–H and O–H groups in total. The molecule has 2 rings (SSSR count). The molecule has 1 amide bonds. The Balaban J connectivity index is 1.80. The molecule has 2 fully saturated rings. The number of piperidine rings is 1. The highest BCUT2D eigenvalue weighted by Gasteiger charge is 2.28. The second-order valence-electron chi connectivity index (χ2n) is 5.43. The lowest BCUT2D eigenvalue weighted by atomic mass is 10.0. The van der Waals surface area contributed by atoms with Crippen LogP contribution in [0.2, 0.25) is 0 Å². The molecule has 0 bridgehead atoms. The van der Waals surface area contributed by atoms with Gasteiger partial charge in [0, 0.05) is 38.7 Å². The fourth-order valence-corrected chi connectivity index (χ4v) is 2.58. The lowest BCUT2D eigenvalue weighted by Crippen LogP contribution is -2.50. The number of carbonyl (C=O) groups is 1. The number of hydrogen-bond donors (Lipinski definition) is 2. The molecule has 18 heavy (non-hydrogen) atoms. The quantitative estimate of drug-likeness (QED) is 0.706. The van der Waals surface area contributed by atoms with Crippen LogP contribution in [-0.4, -0.2) is 55.7 Å². The second-order valence-corrected chi connectivity index (χ2v) is 5.43. The monoisotopic (exact) mass is 255 g/mol. The van der Waals surface area contributed by atoms with E-state index in [1.165, 1.54) is 0 Å². The molecule has 5 heteroatoms. The highest BCUT2D eigenvalue weighted by molar-refractivity contribution is 5.77. The summed E-state index contributed by atoms with van der Waals surface area (Å²) in [6.45, 7) is 2.46. The first-order chi connectivity index (χ1) is 8.72. The van der Waals surface area contributed by atoms with E-state index in [9.17, 15) is 4.79 Å². The van der Waals surface area contributed by atoms with E-state index in [-0.39, 0.29) is 11.9 Å². The third kappa shape index (κ3) is 3.93. The minimum Gasteiger partial charge on any atom is -0.380 e. The molecule has 1 heterocycles. The van der Waals surface area contributed by atoms with Gasteiger partial charge in [-0.15, -0.1) is 0 Å². The maximum absolute atomic E-state index is 11.8. The summed E-state index contributed by atoms with van der Waals surface area (Å²) in [4.78, 5) is 14.1. The van der Waals surface area contributed by atoms with Gasteiger partial charge in [0.25, 0.3) is 0 Å². The van der Waals surface area contributed by atoms with Gasteiger partial charge in [-0.05, 0) is 32.2 Å². The van der Waals surface area contributed by atoms with E-state index < -0.39 is 0 Å². The maximum atomic E-state index is 11.8. The highest BCUT2D eigenvalue weighted by atomic mass is 16.5. The average molecular weight is 255 g/mol. The number of amides is 1. The molecule has 1 saturated carbocycles. The van der Waals surface area contributed by atoms with Gasteiger partial charge in [0.05, 0.1) is 6.10 Å². The molecule has 104 valence electrons. The Morgan fingerprint density at radius 1 is 1.50 bits per heavy atom. The number of ether oxygens (including phenoxy) is 1. The van der Waals surface area contributed by atoms with Gasteiger partial charge >= 0.3 is 0 Å². The van der Waals surface area contributed by atoms with E-state index in [2.05, 4.69) is 10.2 Å². The molecular formula is C13H25N3O2. The van der Waals surface area contributed by atoms with E-state index in [0.29, 0.717) is 25.1 Å². The summed E-state index contributed by atoms with van der Waals surface area (Å²) < 4.78 is 5.41. The topological polar surface area (TPSA) is 67.6 Å². The van der Waals surface area contributed by atoms with Crippen molar-refractivity contribution >= 4 is 5.91 Å². The molecule has 0 spiro atoms. The lowest BCUT2D eigenvalue weighted by Gasteiger charge is -2.37. The van der Waals surface area contributed by atoms with Gasteiger partial charge in [-0.1, -0.05) is 0 Å². The zero-order valence-corrected chi connectivity index (χ0v) is 11.2. The third-order valence-corrected chi connectivity index (χ3v) is 3.89. The van der Waals surface area contributed by atoms with Crippen LogP contribution in [0, 0.1) is 0 Å². The number of nitrogens with one attached hydrogen (secondary N) is 1. The highest BCUT2D eigenvalue weighted by Crippen LogP contribution is 2.20. The van der Waals surface area contributed by atoms with Crippen LogP contribution < -0.4 is 11.1 Å². The molecule has 0 aromatic carbocycles. The summed E-state index contributed by atoms with van der Waals surface area (Å²) in [5, 5.41) is 3.03. The fraction of sp³-hybridized carbons (Fsp3) is 0.923. The summed E-state index contributed by atoms with van der Waals surface area (Å²) in [5.41, 5.74) is 5.82. The maximum Gasteiger partial charge on any atom is 0.221 e. The molecule has 2 aliphatic rings. The summed E-state index contributed by atoms with van der Waals surface area (Å²) >= 11 is 0. The number of nitrogens with two attached hydrogens (primary N) is 1. The second kappa shape index (κ2) is 6.50. The SMILES string of the molecule is COC1CCCN(C(CN)CC(=O)NC2CC2)C1. The number of carbonyl (C=O) groups excluding carboxylic acids is 1. The van der Waals surface area contributed by atoms with Crippen molar-refractivity contribution in [2.45, 2.75) is 50.3 Å². The van der Waals surface area contributed by atoms with Gasteiger partial charge < -0.3 is 15.8 Å². The van der Waals surface area contributed by atoms with Crippen molar-refractivity contribution in [1.29, 1.82) is 0 Å². The van der Waals surface area contributed by atoms with Crippen molar-refractivity contribution in [2.75, 3.05) is 26.7 Å². The van der Waals surface area contributed by atoms with E-state index in [1.807, 2.05) is 0 Å². The molecule has 1 saturated heterocycles. The van der Waals surface area contributed by atoms with Crippen molar-refractivity contribution in [1.82, 2.24) is 10.2 Å². The molecule has 1 aliphatic heterocycles. The van der Waals surface area contributed by atoms with Crippen LogP contribution >= 0.6 is 0 Å². The first-order valence-electron chi connectivity index (χ1n) is 6.99. The number of methoxy groups -OCH3 is 1. The molecular weight excluding hydrogens is 230 g/mol. The molecule has 5 nitrogen and oxygen atoms in total. The fourth-order valence-electron chi connectivity index (χ4n) is 2.58. The molecule has 2 unspecified atom stereocenters. The molecule has 0 aromatic rings. The predicted octanol–water partition coefficient (Wildman–Crippen LogP) is 0.0932. The zero-order chi connectivity index (χ0) is 13.0. The summed E-state index contributed by atoms with van der Waals surface area (Å²) in [6.07, 6.45) is 5.31. The van der Waals surface area contributed by atoms with Crippen LogP contribution in [0.5, 0.6) is 0 Å². The largest absolute Gasteiger partial charge is 0.380 e. The number of hydrogen-bond acceptors (Lipinski definition) is 4.